The van der Waals surface area contributed by atoms with E-state index in [0.717, 1.165) is 30.6 Å². The molecule has 1 fully saturated rings. The Morgan fingerprint density at radius 2 is 2.46 bits per heavy atom. The summed E-state index contributed by atoms with van der Waals surface area (Å²) in [7, 11) is 0. The van der Waals surface area contributed by atoms with E-state index in [1.54, 1.807) is 11.9 Å². The van der Waals surface area contributed by atoms with E-state index in [2.05, 4.69) is 9.71 Å². The lowest BCUT2D eigenvalue weighted by Crippen LogP contribution is -2.31. The first-order valence-corrected chi connectivity index (χ1v) is 6.00. The molecule has 3 nitrogen and oxygen atoms in total. The van der Waals surface area contributed by atoms with Crippen LogP contribution in [0.3, 0.4) is 0 Å². The van der Waals surface area contributed by atoms with Crippen LogP contribution in [0.1, 0.15) is 25.7 Å². The van der Waals surface area contributed by atoms with Gasteiger partial charge in [-0.3, -0.25) is 4.99 Å². The standard InChI is InChI=1S/C9H17N3S/c10-5-8(7-2-1-3-7)4-9-11-6-13-12-9/h7-8H,1-6,10H2,(H,11,12). The molecule has 1 unspecified atom stereocenters. The van der Waals surface area contributed by atoms with E-state index in [-0.39, 0.29) is 0 Å². The Labute approximate surface area is 83.7 Å². The Morgan fingerprint density at radius 1 is 1.62 bits per heavy atom. The van der Waals surface area contributed by atoms with Crippen molar-refractivity contribution in [2.45, 2.75) is 25.7 Å². The summed E-state index contributed by atoms with van der Waals surface area (Å²) in [5.74, 6) is 3.57. The molecular formula is C9H17N3S. The average Bonchev–Trinajstić information content (AvgIpc) is 2.52. The van der Waals surface area contributed by atoms with Crippen LogP contribution < -0.4 is 10.5 Å². The van der Waals surface area contributed by atoms with Gasteiger partial charge >= 0.3 is 0 Å². The third-order valence-corrected chi connectivity index (χ3v) is 3.72. The van der Waals surface area contributed by atoms with Crippen LogP contribution in [0.15, 0.2) is 4.99 Å². The highest BCUT2D eigenvalue weighted by atomic mass is 32.2. The van der Waals surface area contributed by atoms with Crippen LogP contribution in [0.25, 0.3) is 0 Å². The number of hydrogen-bond acceptors (Lipinski definition) is 4. The van der Waals surface area contributed by atoms with Crippen molar-refractivity contribution in [3.8, 4) is 0 Å². The second-order valence-electron chi connectivity index (χ2n) is 3.87. The predicted octanol–water partition coefficient (Wildman–Crippen LogP) is 1.36. The zero-order chi connectivity index (χ0) is 9.10. The molecule has 0 saturated heterocycles. The van der Waals surface area contributed by atoms with Crippen molar-refractivity contribution in [1.82, 2.24) is 4.72 Å². The highest BCUT2D eigenvalue weighted by Gasteiger charge is 2.27. The van der Waals surface area contributed by atoms with E-state index in [4.69, 9.17) is 5.73 Å². The Morgan fingerprint density at radius 3 is 2.92 bits per heavy atom. The molecule has 0 spiro atoms. The van der Waals surface area contributed by atoms with Crippen molar-refractivity contribution in [3.63, 3.8) is 0 Å². The molecule has 0 amide bonds. The largest absolute Gasteiger partial charge is 0.330 e. The minimum absolute atomic E-state index is 0.665. The summed E-state index contributed by atoms with van der Waals surface area (Å²) >= 11 is 1.68. The van der Waals surface area contributed by atoms with Gasteiger partial charge in [0.25, 0.3) is 0 Å². The molecule has 1 aliphatic carbocycles. The smallest absolute Gasteiger partial charge is 0.108 e. The number of nitrogens with zero attached hydrogens (tertiary/aromatic N) is 1. The van der Waals surface area contributed by atoms with Gasteiger partial charge in [0.2, 0.25) is 0 Å². The van der Waals surface area contributed by atoms with Gasteiger partial charge in [-0.1, -0.05) is 19.3 Å². The molecule has 0 aromatic carbocycles. The Hall–Kier alpha value is -0.220. The fraction of sp³-hybridized carbons (Fsp3) is 0.889. The van der Waals surface area contributed by atoms with Crippen LogP contribution in [0.5, 0.6) is 0 Å². The molecule has 0 bridgehead atoms. The highest BCUT2D eigenvalue weighted by molar-refractivity contribution is 7.98. The molecule has 0 aromatic heterocycles. The Balaban J connectivity index is 1.82. The maximum atomic E-state index is 5.77. The molecule has 3 N–H and O–H groups in total. The summed E-state index contributed by atoms with van der Waals surface area (Å²) in [6, 6.07) is 0. The summed E-state index contributed by atoms with van der Waals surface area (Å²) < 4.78 is 3.24. The summed E-state index contributed by atoms with van der Waals surface area (Å²) in [6.07, 6.45) is 5.22. The molecule has 74 valence electrons. The molecule has 0 aromatic rings. The van der Waals surface area contributed by atoms with Crippen molar-refractivity contribution in [1.29, 1.82) is 0 Å². The number of nitrogens with one attached hydrogen (secondary N) is 1. The van der Waals surface area contributed by atoms with Gasteiger partial charge < -0.3 is 10.5 Å². The highest BCUT2D eigenvalue weighted by Crippen LogP contribution is 2.35. The molecular weight excluding hydrogens is 182 g/mol. The number of nitrogens with two attached hydrogens (primary N) is 1. The second-order valence-corrected chi connectivity index (χ2v) is 4.62. The quantitative estimate of drug-likeness (QED) is 0.672. The number of hydrogen-bond donors (Lipinski definition) is 2. The lowest BCUT2D eigenvalue weighted by Gasteiger charge is -2.32. The van der Waals surface area contributed by atoms with Gasteiger partial charge in [0.1, 0.15) is 11.7 Å². The van der Waals surface area contributed by atoms with Crippen molar-refractivity contribution < 1.29 is 0 Å². The van der Waals surface area contributed by atoms with Crippen LogP contribution in [-0.4, -0.2) is 18.3 Å². The first-order chi connectivity index (χ1) is 6.40. The minimum Gasteiger partial charge on any atom is -0.330 e. The maximum Gasteiger partial charge on any atom is 0.108 e. The number of rotatable bonds is 4. The minimum atomic E-state index is 0.665. The molecule has 1 heterocycles. The van der Waals surface area contributed by atoms with E-state index >= 15 is 0 Å². The van der Waals surface area contributed by atoms with Crippen molar-refractivity contribution in [2.24, 2.45) is 22.6 Å². The van der Waals surface area contributed by atoms with E-state index in [1.165, 1.54) is 19.3 Å². The predicted molar refractivity (Wildman–Crippen MR) is 57.5 cm³/mol. The SMILES string of the molecule is NCC(CC1=NCSN1)C1CCC1. The fourth-order valence-corrected chi connectivity index (χ4v) is 2.57. The second kappa shape index (κ2) is 4.33. The van der Waals surface area contributed by atoms with Gasteiger partial charge in [-0.15, -0.1) is 0 Å². The van der Waals surface area contributed by atoms with E-state index in [1.807, 2.05) is 0 Å². The number of amidine groups is 1. The summed E-state index contributed by atoms with van der Waals surface area (Å²) in [5.41, 5.74) is 5.77. The van der Waals surface area contributed by atoms with Crippen LogP contribution in [0.4, 0.5) is 0 Å². The monoisotopic (exact) mass is 199 g/mol. The first-order valence-electron chi connectivity index (χ1n) is 5.01. The lowest BCUT2D eigenvalue weighted by molar-refractivity contribution is 0.215. The Bertz CT molecular complexity index is 201. The third kappa shape index (κ3) is 2.17. The van der Waals surface area contributed by atoms with Crippen LogP contribution >= 0.6 is 11.9 Å². The van der Waals surface area contributed by atoms with Crippen molar-refractivity contribution >= 4 is 17.8 Å². The maximum absolute atomic E-state index is 5.77. The first kappa shape index (κ1) is 9.34. The fourth-order valence-electron chi connectivity index (χ4n) is 1.97. The normalized spacial score (nSPS) is 24.8. The molecule has 1 saturated carbocycles. The molecule has 4 heteroatoms. The van der Waals surface area contributed by atoms with Crippen LogP contribution in [0, 0.1) is 11.8 Å². The molecule has 1 aliphatic heterocycles. The zero-order valence-electron chi connectivity index (χ0n) is 7.83. The topological polar surface area (TPSA) is 50.4 Å². The van der Waals surface area contributed by atoms with Gasteiger partial charge in [-0.05, 0) is 30.3 Å². The lowest BCUT2D eigenvalue weighted by atomic mass is 9.74. The Kier molecular flexibility index (Phi) is 3.11. The summed E-state index contributed by atoms with van der Waals surface area (Å²) in [4.78, 5) is 4.38. The van der Waals surface area contributed by atoms with Crippen LogP contribution in [0.2, 0.25) is 0 Å². The van der Waals surface area contributed by atoms with Gasteiger partial charge in [0, 0.05) is 6.42 Å². The van der Waals surface area contributed by atoms with Crippen molar-refractivity contribution in [3.05, 3.63) is 0 Å². The van der Waals surface area contributed by atoms with Crippen molar-refractivity contribution in [2.75, 3.05) is 12.4 Å². The van der Waals surface area contributed by atoms with E-state index in [9.17, 15) is 0 Å². The number of aliphatic imine (C=N–C) groups is 1. The van der Waals surface area contributed by atoms with E-state index < -0.39 is 0 Å². The summed E-state index contributed by atoms with van der Waals surface area (Å²) in [5, 5.41) is 0. The van der Waals surface area contributed by atoms with Gasteiger partial charge in [-0.25, -0.2) is 0 Å². The molecule has 0 radical (unpaired) electrons. The van der Waals surface area contributed by atoms with Crippen LogP contribution in [-0.2, 0) is 0 Å². The third-order valence-electron chi connectivity index (χ3n) is 3.08. The summed E-state index contributed by atoms with van der Waals surface area (Å²) in [6.45, 7) is 0.816. The molecule has 2 rings (SSSR count). The van der Waals surface area contributed by atoms with Gasteiger partial charge in [-0.2, -0.15) is 0 Å². The molecule has 13 heavy (non-hydrogen) atoms. The van der Waals surface area contributed by atoms with Gasteiger partial charge in [0.15, 0.2) is 0 Å². The molecule has 1 atom stereocenters. The van der Waals surface area contributed by atoms with Gasteiger partial charge in [0.05, 0.1) is 0 Å². The average molecular weight is 199 g/mol. The zero-order valence-corrected chi connectivity index (χ0v) is 8.65. The van der Waals surface area contributed by atoms with E-state index in [0.29, 0.717) is 5.92 Å². The molecule has 2 aliphatic rings.